The molecule has 0 aromatic heterocycles. The fourth-order valence-corrected chi connectivity index (χ4v) is 17.3. The van der Waals surface area contributed by atoms with Gasteiger partial charge < -0.3 is 9.80 Å². The minimum Gasteiger partial charge on any atom is -0.310 e. The van der Waals surface area contributed by atoms with E-state index in [1.165, 1.54) is 167 Å². The molecule has 0 radical (unpaired) electrons. The van der Waals surface area contributed by atoms with Crippen LogP contribution in [0.4, 0.5) is 34.1 Å². The average molecular weight is 1230 g/mol. The third-order valence-corrected chi connectivity index (χ3v) is 22.8. The Bertz CT molecular complexity index is 4960. The van der Waals surface area contributed by atoms with E-state index in [0.29, 0.717) is 0 Å². The highest BCUT2D eigenvalue weighted by molar-refractivity contribution is 5.93. The minimum atomic E-state index is -0.207. The first-order valence-electron chi connectivity index (χ1n) is 34.1. The number of hydrogen-bond donors (Lipinski definition) is 0. The Morgan fingerprint density at radius 1 is 0.200 bits per heavy atom. The predicted octanol–water partition coefficient (Wildman–Crippen LogP) is 25.1. The van der Waals surface area contributed by atoms with Gasteiger partial charge in [0.15, 0.2) is 0 Å². The van der Waals surface area contributed by atoms with Crippen molar-refractivity contribution in [3.05, 3.63) is 332 Å². The topological polar surface area (TPSA) is 6.48 Å². The molecule has 0 atom stereocenters. The van der Waals surface area contributed by atoms with E-state index < -0.39 is 0 Å². The zero-order valence-electron chi connectivity index (χ0n) is 56.8. The van der Waals surface area contributed by atoms with Gasteiger partial charge >= 0.3 is 0 Å². The van der Waals surface area contributed by atoms with Gasteiger partial charge in [0.05, 0.1) is 0 Å². The summed E-state index contributed by atoms with van der Waals surface area (Å²) in [6, 6.07) is 92.7. The minimum absolute atomic E-state index is 0.0974. The van der Waals surface area contributed by atoms with Gasteiger partial charge in [-0.3, -0.25) is 0 Å². The quantitative estimate of drug-likeness (QED) is 0.126. The summed E-state index contributed by atoms with van der Waals surface area (Å²) in [6.07, 6.45) is 9.23. The molecule has 5 aliphatic rings. The number of anilines is 6. The van der Waals surface area contributed by atoms with Crippen molar-refractivity contribution in [2.24, 2.45) is 0 Å². The van der Waals surface area contributed by atoms with E-state index in [4.69, 9.17) is 0 Å². The van der Waals surface area contributed by atoms with Gasteiger partial charge in [-0.05, 0) is 220 Å². The van der Waals surface area contributed by atoms with Crippen molar-refractivity contribution in [2.45, 2.75) is 110 Å². The average Bonchev–Trinajstić information content (AvgIpc) is 1.59. The molecule has 12 aromatic rings. The molecule has 2 nitrogen and oxygen atoms in total. The van der Waals surface area contributed by atoms with Crippen LogP contribution in [-0.4, -0.2) is 0 Å². The van der Waals surface area contributed by atoms with Gasteiger partial charge in [0.25, 0.3) is 0 Å². The summed E-state index contributed by atoms with van der Waals surface area (Å²) in [6.45, 7) is 28.2. The standard InChI is InChI=1S/C93H80N2/c1-57-21-33-63(34-22-57)94(65-37-45-75-69-17-13-15-19-79(69)89(3,4)85(75)53-65)67-39-47-77-73-43-31-61(51-83(73)92(9,10)87(77)55-67)27-25-59-29-41-71-72-42-30-60(50-82(72)91(7,8)81(71)49-59)26-28-62-32-44-74-78-48-40-68(56-88(78)93(11,12)84(74)52-62)95(64-35-23-58(2)24-36-64)66-38-46-76-70-18-14-16-20-80(70)90(5,6)86(76)54-66/h13-56H,1-12H3. The monoisotopic (exact) mass is 1220 g/mol. The molecular weight excluding hydrogens is 1150 g/mol. The second kappa shape index (κ2) is 20.9. The summed E-state index contributed by atoms with van der Waals surface area (Å²) >= 11 is 0. The summed E-state index contributed by atoms with van der Waals surface area (Å²) in [5.74, 6) is 0. The molecule has 2 heteroatoms. The molecule has 0 N–H and O–H groups in total. The van der Waals surface area contributed by atoms with E-state index in [1.54, 1.807) is 0 Å². The third-order valence-electron chi connectivity index (χ3n) is 22.8. The lowest BCUT2D eigenvalue weighted by atomic mass is 9.81. The van der Waals surface area contributed by atoms with Crippen LogP contribution in [-0.2, 0) is 27.1 Å². The first-order valence-corrected chi connectivity index (χ1v) is 34.1. The first-order chi connectivity index (χ1) is 45.6. The summed E-state index contributed by atoms with van der Waals surface area (Å²) in [5.41, 5.74) is 40.6. The van der Waals surface area contributed by atoms with E-state index in [1.807, 2.05) is 0 Å². The van der Waals surface area contributed by atoms with Crippen LogP contribution in [0.15, 0.2) is 243 Å². The molecule has 0 unspecified atom stereocenters. The maximum Gasteiger partial charge on any atom is 0.0465 e. The lowest BCUT2D eigenvalue weighted by Crippen LogP contribution is -2.18. The number of fused-ring (bicyclic) bond motifs is 15. The second-order valence-corrected chi connectivity index (χ2v) is 30.4. The number of benzene rings is 12. The Balaban J connectivity index is 0.611. The zero-order valence-corrected chi connectivity index (χ0v) is 56.8. The molecule has 0 saturated carbocycles. The number of rotatable bonds is 10. The van der Waals surface area contributed by atoms with Crippen LogP contribution in [0.2, 0.25) is 0 Å². The fourth-order valence-electron chi connectivity index (χ4n) is 17.3. The Morgan fingerprint density at radius 2 is 0.400 bits per heavy atom. The van der Waals surface area contributed by atoms with E-state index in [0.717, 1.165) is 11.4 Å². The van der Waals surface area contributed by atoms with Gasteiger partial charge in [0.1, 0.15) is 0 Å². The Kier molecular flexibility index (Phi) is 12.9. The van der Waals surface area contributed by atoms with Gasteiger partial charge in [-0.25, -0.2) is 0 Å². The van der Waals surface area contributed by atoms with Gasteiger partial charge in [-0.1, -0.05) is 275 Å². The van der Waals surface area contributed by atoms with Crippen molar-refractivity contribution in [1.29, 1.82) is 0 Å². The van der Waals surface area contributed by atoms with Crippen molar-refractivity contribution in [2.75, 3.05) is 9.80 Å². The second-order valence-electron chi connectivity index (χ2n) is 30.4. The Morgan fingerprint density at radius 3 is 0.663 bits per heavy atom. The maximum atomic E-state index is 2.46. The van der Waals surface area contributed by atoms with Crippen molar-refractivity contribution >= 4 is 58.4 Å². The molecule has 12 aromatic carbocycles. The van der Waals surface area contributed by atoms with Crippen LogP contribution in [0.3, 0.4) is 0 Å². The normalized spacial score (nSPS) is 15.9. The van der Waals surface area contributed by atoms with Crippen molar-refractivity contribution < 1.29 is 0 Å². The molecule has 17 rings (SSSR count). The SMILES string of the molecule is Cc1ccc(N(c2ccc3c(c2)C(C)(C)c2ccccc2-3)c2ccc3c(c2)C(C)(C)c2cc(C=Cc4ccc5c(c4)C(C)(C)c4cc(C=Cc6ccc7c(c6)C(C)(C)c6cc(N(c8ccc(C)cc8)c8ccc9c(c8)C(C)(C)c8ccccc8-9)ccc6-7)ccc4-5)ccc2-3)cc1. The molecule has 0 saturated heterocycles. The zero-order chi connectivity index (χ0) is 65.2. The molecule has 0 bridgehead atoms. The Labute approximate surface area is 562 Å². The molecule has 0 spiro atoms. The molecule has 0 heterocycles. The van der Waals surface area contributed by atoms with E-state index in [9.17, 15) is 0 Å². The summed E-state index contributed by atoms with van der Waals surface area (Å²) < 4.78 is 0. The van der Waals surface area contributed by atoms with Crippen LogP contribution >= 0.6 is 0 Å². The van der Waals surface area contributed by atoms with Crippen molar-refractivity contribution in [1.82, 2.24) is 0 Å². The first kappa shape index (κ1) is 58.5. The lowest BCUT2D eigenvalue weighted by Gasteiger charge is -2.29. The third kappa shape index (κ3) is 8.97. The van der Waals surface area contributed by atoms with Gasteiger partial charge in [-0.2, -0.15) is 0 Å². The van der Waals surface area contributed by atoms with E-state index in [2.05, 4.69) is 360 Å². The highest BCUT2D eigenvalue weighted by Gasteiger charge is 2.41. The number of hydrogen-bond acceptors (Lipinski definition) is 2. The van der Waals surface area contributed by atoms with Gasteiger partial charge in [-0.15, -0.1) is 0 Å². The number of nitrogens with zero attached hydrogens (tertiary/aromatic N) is 2. The molecule has 0 fully saturated rings. The molecule has 95 heavy (non-hydrogen) atoms. The smallest absolute Gasteiger partial charge is 0.0465 e. The molecule has 5 aliphatic carbocycles. The molecule has 0 aliphatic heterocycles. The van der Waals surface area contributed by atoms with E-state index in [-0.39, 0.29) is 27.1 Å². The lowest BCUT2D eigenvalue weighted by molar-refractivity contribution is 0.659. The fraction of sp³-hybridized carbons (Fsp3) is 0.183. The largest absolute Gasteiger partial charge is 0.310 e. The molecule has 0 amide bonds. The summed E-state index contributed by atoms with van der Waals surface area (Å²) in [5, 5.41) is 0. The highest BCUT2D eigenvalue weighted by Crippen LogP contribution is 2.57. The van der Waals surface area contributed by atoms with Gasteiger partial charge in [0.2, 0.25) is 0 Å². The molecule has 462 valence electrons. The summed E-state index contributed by atoms with van der Waals surface area (Å²) in [7, 11) is 0. The molecular formula is C93H80N2. The van der Waals surface area contributed by atoms with Crippen LogP contribution in [0, 0.1) is 13.8 Å². The predicted molar refractivity (Wildman–Crippen MR) is 404 cm³/mol. The van der Waals surface area contributed by atoms with Crippen LogP contribution in [0.25, 0.3) is 79.9 Å². The highest BCUT2D eigenvalue weighted by atomic mass is 15.1. The Hall–Kier alpha value is -10.3. The van der Waals surface area contributed by atoms with Gasteiger partial charge in [0, 0.05) is 61.2 Å². The summed E-state index contributed by atoms with van der Waals surface area (Å²) in [4.78, 5) is 4.91. The van der Waals surface area contributed by atoms with Crippen LogP contribution in [0.1, 0.15) is 158 Å². The van der Waals surface area contributed by atoms with Crippen molar-refractivity contribution in [3.63, 3.8) is 0 Å². The maximum absolute atomic E-state index is 2.46. The number of aryl methyl sites for hydroxylation is 2. The van der Waals surface area contributed by atoms with E-state index >= 15 is 0 Å². The van der Waals surface area contributed by atoms with Crippen LogP contribution < -0.4 is 9.80 Å². The van der Waals surface area contributed by atoms with Crippen LogP contribution in [0.5, 0.6) is 0 Å². The van der Waals surface area contributed by atoms with Crippen molar-refractivity contribution in [3.8, 4) is 55.6 Å².